The van der Waals surface area contributed by atoms with Crippen molar-refractivity contribution in [2.45, 2.75) is 39.3 Å². The van der Waals surface area contributed by atoms with Crippen molar-refractivity contribution in [1.29, 1.82) is 0 Å². The summed E-state index contributed by atoms with van der Waals surface area (Å²) in [5.74, 6) is -0.696. The monoisotopic (exact) mass is 690 g/mol. The van der Waals surface area contributed by atoms with Gasteiger partial charge in [0.25, 0.3) is 11.1 Å². The van der Waals surface area contributed by atoms with Crippen LogP contribution in [0.15, 0.2) is 77.1 Å². The zero-order chi connectivity index (χ0) is 36.0. The molecule has 2 saturated carbocycles. The van der Waals surface area contributed by atoms with Crippen LogP contribution in [0, 0.1) is 31.5 Å². The van der Waals surface area contributed by atoms with Crippen molar-refractivity contribution in [3.05, 3.63) is 105 Å². The van der Waals surface area contributed by atoms with Gasteiger partial charge in [-0.05, 0) is 62.4 Å². The average molecular weight is 691 g/mol. The van der Waals surface area contributed by atoms with Gasteiger partial charge in [-0.25, -0.2) is 18.7 Å². The van der Waals surface area contributed by atoms with Gasteiger partial charge in [-0.3, -0.25) is 29.1 Å². The molecule has 6 aromatic rings. The minimum absolute atomic E-state index is 0.0417. The van der Waals surface area contributed by atoms with E-state index in [4.69, 9.17) is 0 Å². The second kappa shape index (κ2) is 13.3. The van der Waals surface area contributed by atoms with Crippen LogP contribution in [-0.2, 0) is 16.6 Å². The van der Waals surface area contributed by atoms with E-state index in [-0.39, 0.29) is 41.1 Å². The second-order valence-corrected chi connectivity index (χ2v) is 12.8. The number of aromatic nitrogens is 6. The van der Waals surface area contributed by atoms with E-state index < -0.39 is 17.9 Å². The number of amides is 2. The van der Waals surface area contributed by atoms with E-state index in [1.54, 1.807) is 63.0 Å². The van der Waals surface area contributed by atoms with Gasteiger partial charge in [-0.15, -0.1) is 0 Å². The first kappa shape index (κ1) is 33.3. The van der Waals surface area contributed by atoms with Crippen molar-refractivity contribution in [2.75, 3.05) is 10.6 Å². The van der Waals surface area contributed by atoms with Gasteiger partial charge in [0.1, 0.15) is 23.6 Å². The fourth-order valence-corrected chi connectivity index (χ4v) is 5.74. The molecular formula is C37H32F2N8O4. The molecule has 2 aliphatic carbocycles. The molecule has 51 heavy (non-hydrogen) atoms. The predicted molar refractivity (Wildman–Crippen MR) is 188 cm³/mol. The maximum absolute atomic E-state index is 13.8. The Bertz CT molecular complexity index is 2490. The molecule has 0 bridgehead atoms. The summed E-state index contributed by atoms with van der Waals surface area (Å²) >= 11 is 0. The van der Waals surface area contributed by atoms with Crippen LogP contribution >= 0.6 is 0 Å². The molecule has 2 unspecified atom stereocenters. The topological polar surface area (TPSA) is 165 Å². The third-order valence-electron chi connectivity index (χ3n) is 9.11. The van der Waals surface area contributed by atoms with Crippen LogP contribution in [0.1, 0.15) is 30.4 Å². The molecule has 0 radical (unpaired) electrons. The van der Waals surface area contributed by atoms with E-state index in [9.17, 15) is 28.0 Å². The Hall–Kier alpha value is -6.18. The first-order valence-electron chi connectivity index (χ1n) is 16.3. The summed E-state index contributed by atoms with van der Waals surface area (Å²) in [6, 6.07) is 8.52. The number of anilines is 2. The van der Waals surface area contributed by atoms with Crippen LogP contribution in [0.25, 0.3) is 44.1 Å². The Balaban J connectivity index is 0.000000159. The van der Waals surface area contributed by atoms with Gasteiger partial charge in [0.05, 0.1) is 23.1 Å². The Morgan fingerprint density at radius 1 is 0.843 bits per heavy atom. The lowest BCUT2D eigenvalue weighted by Gasteiger charge is -2.12. The number of carbonyl (C=O) groups is 2. The van der Waals surface area contributed by atoms with Crippen LogP contribution in [0.4, 0.5) is 20.4 Å². The minimum Gasteiger partial charge on any atom is -0.321 e. The van der Waals surface area contributed by atoms with Crippen molar-refractivity contribution < 1.29 is 18.4 Å². The number of alkyl halides is 1. The lowest BCUT2D eigenvalue weighted by Crippen LogP contribution is -2.20. The number of H-pyrrole nitrogens is 1. The summed E-state index contributed by atoms with van der Waals surface area (Å²) in [5, 5.41) is 6.80. The van der Waals surface area contributed by atoms with E-state index >= 15 is 0 Å². The molecule has 0 spiro atoms. The summed E-state index contributed by atoms with van der Waals surface area (Å²) in [7, 11) is 1.64. The van der Waals surface area contributed by atoms with Crippen LogP contribution in [0.5, 0.6) is 0 Å². The number of nitrogens with one attached hydrogen (secondary N) is 3. The maximum atomic E-state index is 13.8. The first-order chi connectivity index (χ1) is 24.5. The molecule has 2 atom stereocenters. The fraction of sp³-hybridized carbons (Fsp3) is 0.243. The normalized spacial score (nSPS) is 16.3. The smallest absolute Gasteiger partial charge is 0.258 e. The standard InChI is InChI=1S/C19H17FN4O2.C18H15FN4O2/c1-10-14(8-21-9-15(10)20)13-5-12-7-22-17(23-18(25)11-3-4-11)6-16(12)24(2)19(13)26;1-9-2-3-20-8-13(9)11-4-10-7-21-16(6-15(10)22-17(11)24)23-18(25)12-5-14(12)19/h5-9,11H,3-4H2,1-2H3,(H,22,23,25);2-4,6-8,12,14H,5H2,1H3,(H,22,24)(H,21,23,25). The molecule has 2 amide bonds. The van der Waals surface area contributed by atoms with Crippen LogP contribution < -0.4 is 21.8 Å². The van der Waals surface area contributed by atoms with Gasteiger partial charge in [-0.2, -0.15) is 0 Å². The molecule has 6 aromatic heterocycles. The van der Waals surface area contributed by atoms with E-state index in [2.05, 4.69) is 35.6 Å². The van der Waals surface area contributed by atoms with Crippen LogP contribution in [0.3, 0.4) is 0 Å². The highest BCUT2D eigenvalue weighted by Crippen LogP contribution is 2.35. The maximum Gasteiger partial charge on any atom is 0.258 e. The molecule has 0 aliphatic heterocycles. The number of nitrogens with zero attached hydrogens (tertiary/aromatic N) is 5. The molecule has 2 aliphatic rings. The molecule has 2 fully saturated rings. The molecule has 0 saturated heterocycles. The number of rotatable bonds is 6. The van der Waals surface area contributed by atoms with Crippen LogP contribution in [0.2, 0.25) is 0 Å². The van der Waals surface area contributed by atoms with Gasteiger partial charge in [0.15, 0.2) is 0 Å². The highest BCUT2D eigenvalue weighted by Gasteiger charge is 2.43. The number of hydrogen-bond donors (Lipinski definition) is 3. The van der Waals surface area contributed by atoms with Crippen molar-refractivity contribution in [3.63, 3.8) is 0 Å². The van der Waals surface area contributed by atoms with Gasteiger partial charge in [0, 0.05) is 89.1 Å². The quantitative estimate of drug-likeness (QED) is 0.210. The number of aryl methyl sites for hydroxylation is 2. The highest BCUT2D eigenvalue weighted by molar-refractivity contribution is 5.96. The molecule has 3 N–H and O–H groups in total. The Morgan fingerprint density at radius 2 is 1.51 bits per heavy atom. The van der Waals surface area contributed by atoms with Crippen LogP contribution in [-0.4, -0.2) is 47.5 Å². The van der Waals surface area contributed by atoms with E-state index in [0.717, 1.165) is 40.9 Å². The largest absolute Gasteiger partial charge is 0.321 e. The second-order valence-electron chi connectivity index (χ2n) is 12.8. The number of aromatic amines is 1. The molecule has 258 valence electrons. The highest BCUT2D eigenvalue weighted by atomic mass is 19.1. The number of hydrogen-bond acceptors (Lipinski definition) is 8. The van der Waals surface area contributed by atoms with E-state index in [1.165, 1.54) is 10.8 Å². The zero-order valence-corrected chi connectivity index (χ0v) is 27.8. The predicted octanol–water partition coefficient (Wildman–Crippen LogP) is 5.38. The number of pyridine rings is 6. The molecular weight excluding hydrogens is 658 g/mol. The van der Waals surface area contributed by atoms with Crippen molar-refractivity contribution in [3.8, 4) is 22.3 Å². The zero-order valence-electron chi connectivity index (χ0n) is 27.8. The summed E-state index contributed by atoms with van der Waals surface area (Å²) in [6.45, 7) is 3.53. The fourth-order valence-electron chi connectivity index (χ4n) is 5.74. The lowest BCUT2D eigenvalue weighted by atomic mass is 10.0. The minimum atomic E-state index is -1.06. The van der Waals surface area contributed by atoms with Crippen molar-refractivity contribution in [1.82, 2.24) is 29.5 Å². The third-order valence-corrected chi connectivity index (χ3v) is 9.11. The summed E-state index contributed by atoms with van der Waals surface area (Å²) in [5.41, 5.74) is 4.08. The van der Waals surface area contributed by atoms with Crippen molar-refractivity contribution in [2.24, 2.45) is 18.9 Å². The summed E-state index contributed by atoms with van der Waals surface area (Å²) in [6.07, 6.45) is 10.1. The summed E-state index contributed by atoms with van der Waals surface area (Å²) in [4.78, 5) is 68.1. The van der Waals surface area contributed by atoms with Gasteiger partial charge < -0.3 is 20.2 Å². The molecule has 6 heterocycles. The van der Waals surface area contributed by atoms with Gasteiger partial charge in [-0.1, -0.05) is 0 Å². The number of halogens is 2. The molecule has 14 heteroatoms. The van der Waals surface area contributed by atoms with Gasteiger partial charge in [0.2, 0.25) is 11.8 Å². The summed E-state index contributed by atoms with van der Waals surface area (Å²) < 4.78 is 28.2. The lowest BCUT2D eigenvalue weighted by molar-refractivity contribution is -0.118. The third kappa shape index (κ3) is 6.84. The first-order valence-corrected chi connectivity index (χ1v) is 16.3. The molecule has 8 rings (SSSR count). The molecule has 0 aromatic carbocycles. The Kier molecular flexibility index (Phi) is 8.67. The Labute approximate surface area is 289 Å². The van der Waals surface area contributed by atoms with E-state index in [0.29, 0.717) is 39.1 Å². The van der Waals surface area contributed by atoms with E-state index in [1.807, 2.05) is 13.0 Å². The SMILES string of the molecule is Cc1c(F)cncc1-c1cc2cnc(NC(=O)C3CC3)cc2n(C)c1=O.Cc1ccncc1-c1cc2cnc(NC(=O)C3CC3F)cc2[nH]c1=O. The Morgan fingerprint density at radius 3 is 2.22 bits per heavy atom. The molecule has 12 nitrogen and oxygen atoms in total. The number of carbonyl (C=O) groups excluding carboxylic acids is 2. The van der Waals surface area contributed by atoms with Gasteiger partial charge >= 0.3 is 0 Å². The van der Waals surface area contributed by atoms with Crippen molar-refractivity contribution >= 4 is 45.3 Å². The average Bonchev–Trinajstić information content (AvgIpc) is 4.05. The number of fused-ring (bicyclic) bond motifs is 2.